The van der Waals surface area contributed by atoms with E-state index in [1.807, 2.05) is 44.2 Å². The monoisotopic (exact) mass is 591 g/mol. The Labute approximate surface area is 252 Å². The van der Waals surface area contributed by atoms with Crippen LogP contribution < -0.4 is 4.90 Å². The summed E-state index contributed by atoms with van der Waals surface area (Å²) in [5.41, 5.74) is -1.11. The zero-order chi connectivity index (χ0) is 30.4. The minimum Gasteiger partial charge on any atom is -0.394 e. The molecule has 3 aliphatic rings. The van der Waals surface area contributed by atoms with Crippen molar-refractivity contribution in [3.05, 3.63) is 90.5 Å². The van der Waals surface area contributed by atoms with Gasteiger partial charge in [0.15, 0.2) is 0 Å². The number of nitrogens with zero attached hydrogens (tertiary/aromatic N) is 3. The molecule has 3 fully saturated rings. The van der Waals surface area contributed by atoms with E-state index in [-0.39, 0.29) is 24.3 Å². The molecule has 2 bridgehead atoms. The number of aliphatic hydroxyl groups is 1. The first-order chi connectivity index (χ1) is 20.1. The molecule has 222 valence electrons. The fraction of sp³-hybridized carbons (Fsp3) is 0.424. The summed E-state index contributed by atoms with van der Waals surface area (Å²) in [4.78, 5) is 48.2. The van der Waals surface area contributed by atoms with Gasteiger partial charge in [-0.3, -0.25) is 14.4 Å². The maximum absolute atomic E-state index is 14.9. The third-order valence-corrected chi connectivity index (χ3v) is 9.77. The molecule has 42 heavy (non-hydrogen) atoms. The Morgan fingerprint density at radius 2 is 1.76 bits per heavy atom. The maximum Gasteiger partial charge on any atom is 0.253 e. The summed E-state index contributed by atoms with van der Waals surface area (Å²) in [7, 11) is 1.68. The van der Waals surface area contributed by atoms with Crippen molar-refractivity contribution in [2.24, 2.45) is 17.8 Å². The van der Waals surface area contributed by atoms with Gasteiger partial charge in [-0.1, -0.05) is 73.1 Å². The molecule has 3 heterocycles. The van der Waals surface area contributed by atoms with Crippen LogP contribution in [0.5, 0.6) is 0 Å². The normalized spacial score (nSPS) is 30.1. The molecule has 3 unspecified atom stereocenters. The van der Waals surface area contributed by atoms with Crippen molar-refractivity contribution in [2.45, 2.75) is 43.6 Å². The smallest absolute Gasteiger partial charge is 0.253 e. The first kappa shape index (κ1) is 30.0. The number of halogens is 1. The van der Waals surface area contributed by atoms with Crippen LogP contribution in [0.4, 0.5) is 5.69 Å². The van der Waals surface area contributed by atoms with E-state index in [9.17, 15) is 19.5 Å². The van der Waals surface area contributed by atoms with Crippen LogP contribution in [0, 0.1) is 17.8 Å². The second-order valence-corrected chi connectivity index (χ2v) is 12.2. The Kier molecular flexibility index (Phi) is 8.09. The highest BCUT2D eigenvalue weighted by atomic mass is 35.5. The average Bonchev–Trinajstić information content (AvgIpc) is 3.49. The number of carbonyl (C=O) groups is 3. The SMILES string of the molecule is C=CCN(C)C(=O)[C@H]1[C@H]2C(=O)N([C@H](CO)c3ccccc3)C(C(=O)N(CC=C)c3ccccc3Cl)C23CC(C)[C@]1(C)O3. The van der Waals surface area contributed by atoms with E-state index in [1.54, 1.807) is 48.4 Å². The van der Waals surface area contributed by atoms with Crippen LogP contribution in [0.3, 0.4) is 0 Å². The number of benzene rings is 2. The lowest BCUT2D eigenvalue weighted by Gasteiger charge is -2.39. The predicted molar refractivity (Wildman–Crippen MR) is 162 cm³/mol. The van der Waals surface area contributed by atoms with Gasteiger partial charge >= 0.3 is 0 Å². The maximum atomic E-state index is 14.9. The van der Waals surface area contributed by atoms with Gasteiger partial charge in [0.05, 0.1) is 40.8 Å². The number of aliphatic hydroxyl groups excluding tert-OH is 1. The van der Waals surface area contributed by atoms with E-state index in [0.29, 0.717) is 29.2 Å². The highest BCUT2D eigenvalue weighted by Crippen LogP contribution is 2.66. The van der Waals surface area contributed by atoms with Crippen molar-refractivity contribution < 1.29 is 24.2 Å². The van der Waals surface area contributed by atoms with Gasteiger partial charge in [0.2, 0.25) is 11.8 Å². The van der Waals surface area contributed by atoms with E-state index in [4.69, 9.17) is 16.3 Å². The quantitative estimate of drug-likeness (QED) is 0.417. The molecule has 8 nitrogen and oxygen atoms in total. The van der Waals surface area contributed by atoms with Crippen LogP contribution in [-0.4, -0.2) is 76.6 Å². The van der Waals surface area contributed by atoms with E-state index in [2.05, 4.69) is 13.2 Å². The zero-order valence-electron chi connectivity index (χ0n) is 24.3. The van der Waals surface area contributed by atoms with Gasteiger partial charge in [-0.15, -0.1) is 13.2 Å². The minimum atomic E-state index is -1.29. The molecule has 9 heteroatoms. The summed E-state index contributed by atoms with van der Waals surface area (Å²) in [6.45, 7) is 11.5. The van der Waals surface area contributed by atoms with Gasteiger partial charge in [0, 0.05) is 20.1 Å². The summed E-state index contributed by atoms with van der Waals surface area (Å²) in [5.74, 6) is -2.87. The second kappa shape index (κ2) is 11.3. The largest absolute Gasteiger partial charge is 0.394 e. The third-order valence-electron chi connectivity index (χ3n) is 9.45. The molecular weight excluding hydrogens is 554 g/mol. The zero-order valence-corrected chi connectivity index (χ0v) is 25.0. The number of hydrogen-bond donors (Lipinski definition) is 1. The number of rotatable bonds is 10. The Bertz CT molecular complexity index is 1400. The molecule has 3 saturated heterocycles. The standard InChI is InChI=1S/C33H38ClN3O5/c1-6-17-35(5)29(39)26-27-30(40)37(25(20-38)22-13-9-8-10-14-22)28(33(27)19-21(3)32(26,4)42-33)31(41)36(18-7-2)24-16-12-11-15-23(24)34/h6-16,21,25-28,38H,1-2,17-20H2,3-5H3/t21?,25-,26-,27+,28?,32+,33?/m1/s1. The lowest BCUT2D eigenvalue weighted by Crippen LogP contribution is -2.57. The van der Waals surface area contributed by atoms with Gasteiger partial charge in [-0.05, 0) is 37.0 Å². The molecule has 0 radical (unpaired) electrons. The summed E-state index contributed by atoms with van der Waals surface area (Å²) in [6, 6.07) is 14.2. The Morgan fingerprint density at radius 1 is 1.12 bits per heavy atom. The molecule has 3 aliphatic heterocycles. The summed E-state index contributed by atoms with van der Waals surface area (Å²) in [6.07, 6.45) is 3.64. The molecule has 3 amide bonds. The van der Waals surface area contributed by atoms with E-state index >= 15 is 0 Å². The van der Waals surface area contributed by atoms with Crippen molar-refractivity contribution in [3.8, 4) is 0 Å². The first-order valence-electron chi connectivity index (χ1n) is 14.3. The Morgan fingerprint density at radius 3 is 2.38 bits per heavy atom. The highest BCUT2D eigenvalue weighted by Gasteiger charge is 2.80. The van der Waals surface area contributed by atoms with Gasteiger partial charge in [-0.2, -0.15) is 0 Å². The Hall–Kier alpha value is -3.46. The molecule has 2 aromatic carbocycles. The molecule has 0 aromatic heterocycles. The Balaban J connectivity index is 1.71. The fourth-order valence-corrected chi connectivity index (χ4v) is 7.71. The summed E-state index contributed by atoms with van der Waals surface area (Å²) >= 11 is 6.58. The van der Waals surface area contributed by atoms with E-state index in [0.717, 1.165) is 0 Å². The van der Waals surface area contributed by atoms with Crippen LogP contribution in [0.1, 0.15) is 31.9 Å². The predicted octanol–water partition coefficient (Wildman–Crippen LogP) is 4.25. The minimum absolute atomic E-state index is 0.125. The van der Waals surface area contributed by atoms with Crippen LogP contribution in [0.25, 0.3) is 0 Å². The van der Waals surface area contributed by atoms with Gasteiger partial charge in [0.1, 0.15) is 11.6 Å². The lowest BCUT2D eigenvalue weighted by molar-refractivity contribution is -0.153. The van der Waals surface area contributed by atoms with Crippen molar-refractivity contribution >= 4 is 35.0 Å². The molecule has 0 saturated carbocycles. The first-order valence-corrected chi connectivity index (χ1v) is 14.7. The molecule has 2 aromatic rings. The number of likely N-dealkylation sites (tertiary alicyclic amines) is 1. The van der Waals surface area contributed by atoms with E-state index in [1.165, 1.54) is 9.80 Å². The van der Waals surface area contributed by atoms with Crippen LogP contribution >= 0.6 is 11.6 Å². The number of likely N-dealkylation sites (N-methyl/N-ethyl adjacent to an activating group) is 1. The molecule has 1 N–H and O–H groups in total. The number of fused-ring (bicyclic) bond motifs is 1. The van der Waals surface area contributed by atoms with Gasteiger partial charge in [-0.25, -0.2) is 0 Å². The fourth-order valence-electron chi connectivity index (χ4n) is 7.47. The van der Waals surface area contributed by atoms with Crippen molar-refractivity contribution in [1.29, 1.82) is 0 Å². The van der Waals surface area contributed by atoms with Crippen LogP contribution in [0.15, 0.2) is 79.9 Å². The lowest BCUT2D eigenvalue weighted by atomic mass is 9.62. The van der Waals surface area contributed by atoms with Crippen molar-refractivity contribution in [3.63, 3.8) is 0 Å². The third kappa shape index (κ3) is 4.39. The van der Waals surface area contributed by atoms with Crippen molar-refractivity contribution in [1.82, 2.24) is 9.80 Å². The van der Waals surface area contributed by atoms with Crippen molar-refractivity contribution in [2.75, 3.05) is 31.6 Å². The number of para-hydroxylation sites is 1. The molecular formula is C33H38ClN3O5. The van der Waals surface area contributed by atoms with Gasteiger partial charge < -0.3 is 24.5 Å². The van der Waals surface area contributed by atoms with E-state index < -0.39 is 47.6 Å². The summed E-state index contributed by atoms with van der Waals surface area (Å²) in [5, 5.41) is 11.1. The number of hydrogen-bond acceptors (Lipinski definition) is 5. The number of amides is 3. The topological polar surface area (TPSA) is 90.4 Å². The number of ether oxygens (including phenoxy) is 1. The number of carbonyl (C=O) groups excluding carboxylic acids is 3. The molecule has 5 rings (SSSR count). The van der Waals surface area contributed by atoms with Gasteiger partial charge in [0.25, 0.3) is 5.91 Å². The second-order valence-electron chi connectivity index (χ2n) is 11.8. The summed E-state index contributed by atoms with van der Waals surface area (Å²) < 4.78 is 6.88. The molecule has 1 spiro atoms. The molecule has 0 aliphatic carbocycles. The number of anilines is 1. The van der Waals surface area contributed by atoms with Crippen LogP contribution in [0.2, 0.25) is 5.02 Å². The average molecular weight is 592 g/mol. The highest BCUT2D eigenvalue weighted by molar-refractivity contribution is 6.34. The molecule has 7 atom stereocenters. The van der Waals surface area contributed by atoms with Crippen LogP contribution in [-0.2, 0) is 19.1 Å².